The summed E-state index contributed by atoms with van der Waals surface area (Å²) in [5.41, 5.74) is 1.41. The number of hydrogen-bond acceptors (Lipinski definition) is 6. The lowest BCUT2D eigenvalue weighted by molar-refractivity contribution is 0.349. The van der Waals surface area contributed by atoms with Crippen molar-refractivity contribution in [3.05, 3.63) is 44.4 Å². The maximum Gasteiger partial charge on any atom is 0.283 e. The maximum absolute atomic E-state index is 11.6. The zero-order valence-electron chi connectivity index (χ0n) is 17.3. The molecule has 28 heavy (non-hydrogen) atoms. The molecule has 0 aliphatic carbocycles. The highest BCUT2D eigenvalue weighted by Gasteiger charge is 2.22. The van der Waals surface area contributed by atoms with Gasteiger partial charge in [-0.1, -0.05) is 27.7 Å². The Bertz CT molecular complexity index is 748. The molecule has 0 unspecified atom stereocenters. The molecule has 2 aromatic rings. The van der Waals surface area contributed by atoms with Crippen molar-refractivity contribution in [1.29, 1.82) is 0 Å². The van der Waals surface area contributed by atoms with E-state index in [0.29, 0.717) is 0 Å². The average molecular weight is 429 g/mol. The van der Waals surface area contributed by atoms with E-state index < -0.39 is 0 Å². The molecule has 0 atom stereocenters. The summed E-state index contributed by atoms with van der Waals surface area (Å²) in [6, 6.07) is 0. The first kappa shape index (κ1) is 23.0. The first-order valence-corrected chi connectivity index (χ1v) is 12.0. The highest BCUT2D eigenvalue weighted by Crippen LogP contribution is 2.28. The van der Waals surface area contributed by atoms with E-state index in [9.17, 15) is 9.59 Å². The molecular weight excluding hydrogens is 396 g/mol. The molecule has 2 rings (SSSR count). The number of aromatic amines is 2. The molecule has 6 nitrogen and oxygen atoms in total. The van der Waals surface area contributed by atoms with Crippen LogP contribution in [-0.4, -0.2) is 33.3 Å². The summed E-state index contributed by atoms with van der Waals surface area (Å²) in [6.45, 7) is 8.79. The summed E-state index contributed by atoms with van der Waals surface area (Å²) in [5, 5.41) is 4.70. The molecule has 0 saturated heterocycles. The Kier molecular flexibility index (Phi) is 8.61. The normalized spacial score (nSPS) is 12.6. The van der Waals surface area contributed by atoms with E-state index in [0.717, 1.165) is 59.8 Å². The van der Waals surface area contributed by atoms with E-state index in [1.54, 1.807) is 0 Å². The van der Waals surface area contributed by atoms with Gasteiger partial charge in [0.15, 0.2) is 0 Å². The van der Waals surface area contributed by atoms with Gasteiger partial charge in [0, 0.05) is 11.5 Å². The molecule has 0 spiro atoms. The molecule has 0 amide bonds. The van der Waals surface area contributed by atoms with Crippen molar-refractivity contribution in [1.82, 2.24) is 10.3 Å². The number of hydrogen-bond donors (Lipinski definition) is 2. The third kappa shape index (κ3) is 7.99. The van der Waals surface area contributed by atoms with Crippen LogP contribution >= 0.6 is 23.5 Å². The summed E-state index contributed by atoms with van der Waals surface area (Å²) >= 11 is 3.95. The molecule has 0 bridgehead atoms. The molecule has 0 fully saturated rings. The summed E-state index contributed by atoms with van der Waals surface area (Å²) in [4.78, 5) is 23.1. The van der Waals surface area contributed by atoms with Crippen LogP contribution in [0.1, 0.15) is 51.7 Å². The van der Waals surface area contributed by atoms with Crippen LogP contribution in [-0.2, 0) is 12.8 Å². The molecule has 0 radical (unpaired) electrons. The summed E-state index contributed by atoms with van der Waals surface area (Å²) in [6.07, 6.45) is 6.67. The lowest BCUT2D eigenvalue weighted by atomic mass is 9.84. The first-order valence-electron chi connectivity index (χ1n) is 9.64. The standard InChI is InChI=1S/C20H32N2O4S2/c1-19(2,11-15-13-25-21-17(15)23)5-7-27-9-10-28-8-6-20(3,4)12-16-14-26-22-18(16)24/h13-14H,5-12H2,1-4H3,(H,21,23)(H,22,24). The molecule has 0 aliphatic rings. The minimum atomic E-state index is -0.113. The molecule has 0 saturated carbocycles. The van der Waals surface area contributed by atoms with Gasteiger partial charge in [-0.25, -0.2) is 0 Å². The summed E-state index contributed by atoms with van der Waals surface area (Å²) in [7, 11) is 0. The fourth-order valence-electron chi connectivity index (χ4n) is 3.02. The molecule has 0 aromatic carbocycles. The second kappa shape index (κ2) is 10.5. The molecule has 158 valence electrons. The van der Waals surface area contributed by atoms with Crippen molar-refractivity contribution in [2.24, 2.45) is 10.8 Å². The minimum Gasteiger partial charge on any atom is -0.387 e. The van der Waals surface area contributed by atoms with Gasteiger partial charge in [-0.15, -0.1) is 0 Å². The average Bonchev–Trinajstić information content (AvgIpc) is 3.18. The van der Waals surface area contributed by atoms with E-state index in [-0.39, 0.29) is 21.9 Å². The Hall–Kier alpha value is -1.28. The van der Waals surface area contributed by atoms with Crippen molar-refractivity contribution >= 4 is 23.5 Å². The predicted molar refractivity (Wildman–Crippen MR) is 118 cm³/mol. The second-order valence-electron chi connectivity index (χ2n) is 8.79. The zero-order chi connectivity index (χ0) is 20.6. The van der Waals surface area contributed by atoms with Gasteiger partial charge in [-0.3, -0.25) is 9.59 Å². The van der Waals surface area contributed by atoms with Gasteiger partial charge in [0.05, 0.1) is 11.1 Å². The highest BCUT2D eigenvalue weighted by atomic mass is 32.2. The van der Waals surface area contributed by atoms with Gasteiger partial charge in [-0.2, -0.15) is 33.8 Å². The lowest BCUT2D eigenvalue weighted by Crippen LogP contribution is -2.20. The quantitative estimate of drug-likeness (QED) is 0.461. The van der Waals surface area contributed by atoms with Gasteiger partial charge in [0.2, 0.25) is 0 Å². The fourth-order valence-corrected chi connectivity index (χ4v) is 5.76. The van der Waals surface area contributed by atoms with Crippen molar-refractivity contribution < 1.29 is 9.05 Å². The Morgan fingerprint density at radius 2 is 1.14 bits per heavy atom. The molecule has 2 N–H and O–H groups in total. The molecule has 8 heteroatoms. The predicted octanol–water partition coefficient (Wildman–Crippen LogP) is 4.33. The largest absolute Gasteiger partial charge is 0.387 e. The maximum atomic E-state index is 11.6. The van der Waals surface area contributed by atoms with Gasteiger partial charge < -0.3 is 9.05 Å². The second-order valence-corrected chi connectivity index (χ2v) is 11.2. The smallest absolute Gasteiger partial charge is 0.283 e. The van der Waals surface area contributed by atoms with E-state index in [2.05, 4.69) is 38.0 Å². The number of aromatic nitrogens is 2. The number of nitrogens with one attached hydrogen (secondary N) is 2. The van der Waals surface area contributed by atoms with E-state index in [1.807, 2.05) is 23.5 Å². The zero-order valence-corrected chi connectivity index (χ0v) is 18.9. The Morgan fingerprint density at radius 3 is 1.46 bits per heavy atom. The van der Waals surface area contributed by atoms with Crippen LogP contribution in [0.5, 0.6) is 0 Å². The SMILES string of the molecule is CC(C)(CCSCCSCCC(C)(C)Cc1co[nH]c1=O)Cc1co[nH]c1=O. The summed E-state index contributed by atoms with van der Waals surface area (Å²) < 4.78 is 9.73. The van der Waals surface area contributed by atoms with Gasteiger partial charge in [-0.05, 0) is 48.0 Å². The number of thioether (sulfide) groups is 2. The van der Waals surface area contributed by atoms with Crippen LogP contribution in [0, 0.1) is 10.8 Å². The third-order valence-electron chi connectivity index (χ3n) is 4.85. The Labute approximate surface area is 174 Å². The number of H-pyrrole nitrogens is 2. The molecule has 0 aliphatic heterocycles. The van der Waals surface area contributed by atoms with Gasteiger partial charge in [0.25, 0.3) is 11.1 Å². The monoisotopic (exact) mass is 428 g/mol. The van der Waals surface area contributed by atoms with E-state index >= 15 is 0 Å². The molecule has 2 aromatic heterocycles. The van der Waals surface area contributed by atoms with Crippen molar-refractivity contribution in [2.45, 2.75) is 53.4 Å². The molecule has 2 heterocycles. The van der Waals surface area contributed by atoms with Gasteiger partial charge >= 0.3 is 0 Å². The Balaban J connectivity index is 1.54. The van der Waals surface area contributed by atoms with Crippen LogP contribution in [0.3, 0.4) is 0 Å². The van der Waals surface area contributed by atoms with Crippen molar-refractivity contribution in [3.63, 3.8) is 0 Å². The lowest BCUT2D eigenvalue weighted by Gasteiger charge is -2.23. The van der Waals surface area contributed by atoms with E-state index in [1.165, 1.54) is 12.5 Å². The van der Waals surface area contributed by atoms with Crippen molar-refractivity contribution in [2.75, 3.05) is 23.0 Å². The Morgan fingerprint density at radius 1 is 0.750 bits per heavy atom. The van der Waals surface area contributed by atoms with Crippen LogP contribution in [0.25, 0.3) is 0 Å². The van der Waals surface area contributed by atoms with E-state index in [4.69, 9.17) is 9.05 Å². The van der Waals surface area contributed by atoms with Crippen LogP contribution in [0.15, 0.2) is 31.2 Å². The topological polar surface area (TPSA) is 92.0 Å². The number of rotatable bonds is 13. The fraction of sp³-hybridized carbons (Fsp3) is 0.700. The van der Waals surface area contributed by atoms with Crippen LogP contribution in [0.4, 0.5) is 0 Å². The van der Waals surface area contributed by atoms with Crippen LogP contribution in [0.2, 0.25) is 0 Å². The third-order valence-corrected chi connectivity index (χ3v) is 7.07. The van der Waals surface area contributed by atoms with Gasteiger partial charge in [0.1, 0.15) is 12.5 Å². The first-order chi connectivity index (χ1) is 13.2. The van der Waals surface area contributed by atoms with Crippen LogP contribution < -0.4 is 11.1 Å². The summed E-state index contributed by atoms with van der Waals surface area (Å²) in [5.74, 6) is 4.46. The van der Waals surface area contributed by atoms with Crippen molar-refractivity contribution in [3.8, 4) is 0 Å². The highest BCUT2D eigenvalue weighted by molar-refractivity contribution is 8.02. The molecular formula is C20H32N2O4S2. The minimum absolute atomic E-state index is 0.0893.